The zero-order valence-electron chi connectivity index (χ0n) is 13.9. The number of rotatable bonds is 3. The summed E-state index contributed by atoms with van der Waals surface area (Å²) in [7, 11) is 1.46. The van der Waals surface area contributed by atoms with E-state index in [0.717, 1.165) is 10.8 Å². The van der Waals surface area contributed by atoms with Gasteiger partial charge < -0.3 is 14.9 Å². The number of benzene rings is 3. The second-order valence-corrected chi connectivity index (χ2v) is 5.93. The van der Waals surface area contributed by atoms with Crippen molar-refractivity contribution in [3.05, 3.63) is 66.2 Å². The number of fused-ring (bicyclic) bond motifs is 3. The van der Waals surface area contributed by atoms with Gasteiger partial charge >= 0.3 is 5.97 Å². The number of carboxylic acids is 1. The van der Waals surface area contributed by atoms with Gasteiger partial charge in [-0.05, 0) is 41.1 Å². The number of hydrogen-bond donors (Lipinski definition) is 2. The molecule has 0 bridgehead atoms. The summed E-state index contributed by atoms with van der Waals surface area (Å²) >= 11 is 0. The van der Waals surface area contributed by atoms with E-state index >= 15 is 0 Å². The molecule has 0 fully saturated rings. The first-order valence-electron chi connectivity index (χ1n) is 8.01. The highest BCUT2D eigenvalue weighted by Crippen LogP contribution is 2.34. The van der Waals surface area contributed by atoms with Gasteiger partial charge in [0.1, 0.15) is 0 Å². The quantitative estimate of drug-likeness (QED) is 0.536. The Morgan fingerprint density at radius 2 is 1.85 bits per heavy atom. The van der Waals surface area contributed by atoms with E-state index in [2.05, 4.69) is 4.98 Å². The van der Waals surface area contributed by atoms with Crippen LogP contribution in [0.5, 0.6) is 11.5 Å². The number of methoxy groups -OCH3 is 1. The Labute approximate surface area is 149 Å². The molecule has 26 heavy (non-hydrogen) atoms. The number of nitrogens with zero attached hydrogens (tertiary/aromatic N) is 1. The third-order valence-electron chi connectivity index (χ3n) is 4.40. The van der Waals surface area contributed by atoms with Crippen molar-refractivity contribution in [2.24, 2.45) is 0 Å². The Morgan fingerprint density at radius 3 is 2.62 bits per heavy atom. The molecule has 0 aliphatic heterocycles. The van der Waals surface area contributed by atoms with Crippen LogP contribution in [0.15, 0.2) is 60.7 Å². The lowest BCUT2D eigenvalue weighted by Crippen LogP contribution is -2.01. The average Bonchev–Trinajstić information content (AvgIpc) is 2.67. The minimum atomic E-state index is -1.01. The number of pyridine rings is 1. The number of hydrogen-bond acceptors (Lipinski definition) is 4. The van der Waals surface area contributed by atoms with E-state index in [1.807, 2.05) is 36.4 Å². The van der Waals surface area contributed by atoms with Gasteiger partial charge in [-0.25, -0.2) is 9.78 Å². The van der Waals surface area contributed by atoms with Gasteiger partial charge in [-0.1, -0.05) is 30.3 Å². The molecule has 1 heterocycles. The summed E-state index contributed by atoms with van der Waals surface area (Å²) < 4.78 is 5.14. The van der Waals surface area contributed by atoms with Gasteiger partial charge in [0.15, 0.2) is 11.5 Å². The maximum Gasteiger partial charge on any atom is 0.336 e. The predicted octanol–water partition coefficient (Wildman–Crippen LogP) is 4.47. The average molecular weight is 345 g/mol. The number of carboxylic acid groups (broad SMARTS) is 1. The van der Waals surface area contributed by atoms with Crippen LogP contribution in [-0.4, -0.2) is 28.3 Å². The first-order chi connectivity index (χ1) is 12.6. The first-order valence-corrected chi connectivity index (χ1v) is 8.01. The molecule has 0 unspecified atom stereocenters. The molecule has 128 valence electrons. The molecule has 0 aliphatic carbocycles. The third-order valence-corrected chi connectivity index (χ3v) is 4.40. The zero-order valence-corrected chi connectivity index (χ0v) is 13.9. The first kappa shape index (κ1) is 15.9. The molecule has 0 amide bonds. The van der Waals surface area contributed by atoms with E-state index in [9.17, 15) is 15.0 Å². The normalized spacial score (nSPS) is 11.0. The number of ether oxygens (including phenoxy) is 1. The largest absolute Gasteiger partial charge is 0.504 e. The minimum Gasteiger partial charge on any atom is -0.504 e. The summed E-state index contributed by atoms with van der Waals surface area (Å²) in [5.74, 6) is -0.693. The monoisotopic (exact) mass is 345 g/mol. The van der Waals surface area contributed by atoms with Crippen molar-refractivity contribution in [3.63, 3.8) is 0 Å². The van der Waals surface area contributed by atoms with E-state index in [1.54, 1.807) is 18.2 Å². The molecule has 0 saturated heterocycles. The van der Waals surface area contributed by atoms with E-state index in [4.69, 9.17) is 4.74 Å². The van der Waals surface area contributed by atoms with Crippen LogP contribution in [0.1, 0.15) is 10.4 Å². The molecule has 4 rings (SSSR count). The highest BCUT2D eigenvalue weighted by atomic mass is 16.5. The van der Waals surface area contributed by atoms with Crippen molar-refractivity contribution in [1.29, 1.82) is 0 Å². The van der Waals surface area contributed by atoms with Crippen LogP contribution in [0.25, 0.3) is 32.9 Å². The molecular weight excluding hydrogens is 330 g/mol. The lowest BCUT2D eigenvalue weighted by Gasteiger charge is -2.11. The molecule has 0 saturated carbocycles. The number of phenolic OH excluding ortho intramolecular Hbond substituents is 1. The number of aromatic carboxylic acids is 1. The number of aromatic nitrogens is 1. The van der Waals surface area contributed by atoms with Crippen molar-refractivity contribution in [2.75, 3.05) is 7.11 Å². The van der Waals surface area contributed by atoms with Gasteiger partial charge in [0.25, 0.3) is 0 Å². The van der Waals surface area contributed by atoms with Crippen molar-refractivity contribution in [1.82, 2.24) is 4.98 Å². The Bertz CT molecular complexity index is 1170. The summed E-state index contributed by atoms with van der Waals surface area (Å²) in [6.07, 6.45) is 0. The SMILES string of the molecule is COc1cc(-c2cc(C(=O)O)c3c(ccc4ccccc43)n2)ccc1O. The Hall–Kier alpha value is -3.60. The highest BCUT2D eigenvalue weighted by Gasteiger charge is 2.16. The fourth-order valence-electron chi connectivity index (χ4n) is 3.16. The number of aromatic hydroxyl groups is 1. The fourth-order valence-corrected chi connectivity index (χ4v) is 3.16. The predicted molar refractivity (Wildman–Crippen MR) is 99.9 cm³/mol. The van der Waals surface area contributed by atoms with Gasteiger partial charge in [0.2, 0.25) is 0 Å². The standard InChI is InChI=1S/C21H15NO4/c1-26-19-10-13(7-9-18(19)23)17-11-15(21(24)25)20-14-5-3-2-4-12(14)6-8-16(20)22-17/h2-11,23H,1H3,(H,24,25). The van der Waals surface area contributed by atoms with Crippen molar-refractivity contribution < 1.29 is 19.7 Å². The second kappa shape index (κ2) is 6.04. The molecule has 0 radical (unpaired) electrons. The van der Waals surface area contributed by atoms with Crippen LogP contribution in [0.4, 0.5) is 0 Å². The summed E-state index contributed by atoms with van der Waals surface area (Å²) in [5.41, 5.74) is 1.96. The van der Waals surface area contributed by atoms with Crippen LogP contribution in [-0.2, 0) is 0 Å². The molecule has 5 nitrogen and oxygen atoms in total. The smallest absolute Gasteiger partial charge is 0.336 e. The molecule has 2 N–H and O–H groups in total. The topological polar surface area (TPSA) is 79.7 Å². The van der Waals surface area contributed by atoms with Crippen LogP contribution < -0.4 is 4.74 Å². The third kappa shape index (κ3) is 2.50. The Morgan fingerprint density at radius 1 is 1.04 bits per heavy atom. The molecule has 0 atom stereocenters. The summed E-state index contributed by atoms with van der Waals surface area (Å²) in [4.78, 5) is 16.6. The van der Waals surface area contributed by atoms with Crippen LogP contribution in [0, 0.1) is 0 Å². The molecule has 0 aliphatic rings. The van der Waals surface area contributed by atoms with Crippen molar-refractivity contribution in [3.8, 4) is 22.8 Å². The van der Waals surface area contributed by atoms with Crippen molar-refractivity contribution in [2.45, 2.75) is 0 Å². The van der Waals surface area contributed by atoms with Crippen LogP contribution in [0.3, 0.4) is 0 Å². The molecule has 5 heteroatoms. The van der Waals surface area contributed by atoms with Crippen molar-refractivity contribution >= 4 is 27.6 Å². The van der Waals surface area contributed by atoms with Gasteiger partial charge in [-0.3, -0.25) is 0 Å². The summed E-state index contributed by atoms with van der Waals surface area (Å²) in [6, 6.07) is 17.8. The van der Waals surface area contributed by atoms with Crippen LogP contribution in [0.2, 0.25) is 0 Å². The maximum atomic E-state index is 11.9. The van der Waals surface area contributed by atoms with Crippen LogP contribution >= 0.6 is 0 Å². The second-order valence-electron chi connectivity index (χ2n) is 5.93. The van der Waals surface area contributed by atoms with E-state index in [1.165, 1.54) is 13.2 Å². The highest BCUT2D eigenvalue weighted by molar-refractivity contribution is 6.15. The minimum absolute atomic E-state index is 0.0153. The molecule has 1 aromatic heterocycles. The van der Waals surface area contributed by atoms with E-state index in [-0.39, 0.29) is 11.3 Å². The maximum absolute atomic E-state index is 11.9. The molecule has 0 spiro atoms. The molecule has 4 aromatic rings. The van der Waals surface area contributed by atoms with Gasteiger partial charge in [-0.2, -0.15) is 0 Å². The van der Waals surface area contributed by atoms with Gasteiger partial charge in [0, 0.05) is 10.9 Å². The lowest BCUT2D eigenvalue weighted by atomic mass is 9.98. The van der Waals surface area contributed by atoms with E-state index < -0.39 is 5.97 Å². The van der Waals surface area contributed by atoms with Gasteiger partial charge in [0.05, 0.1) is 23.9 Å². The number of phenols is 1. The summed E-state index contributed by atoms with van der Waals surface area (Å²) in [5, 5.41) is 22.0. The Kier molecular flexibility index (Phi) is 3.69. The summed E-state index contributed by atoms with van der Waals surface area (Å²) in [6.45, 7) is 0. The van der Waals surface area contributed by atoms with Gasteiger partial charge in [-0.15, -0.1) is 0 Å². The molecule has 3 aromatic carbocycles. The zero-order chi connectivity index (χ0) is 18.3. The fraction of sp³-hybridized carbons (Fsp3) is 0.0476. The Balaban J connectivity index is 2.04. The van der Waals surface area contributed by atoms with E-state index in [0.29, 0.717) is 27.9 Å². The lowest BCUT2D eigenvalue weighted by molar-refractivity contribution is 0.0699. The number of carbonyl (C=O) groups is 1. The molecular formula is C21H15NO4.